The molecule has 0 radical (unpaired) electrons. The van der Waals surface area contributed by atoms with Crippen molar-refractivity contribution in [3.8, 4) is 0 Å². The van der Waals surface area contributed by atoms with Gasteiger partial charge in [0.1, 0.15) is 0 Å². The highest BCUT2D eigenvalue weighted by Gasteiger charge is 2.39. The molecule has 2 fully saturated rings. The smallest absolute Gasteiger partial charge is 0.00385 e. The lowest BCUT2D eigenvalue weighted by Crippen LogP contribution is -2.45. The fraction of sp³-hybridized carbons (Fsp3) is 1.00. The van der Waals surface area contributed by atoms with Gasteiger partial charge in [0.15, 0.2) is 0 Å². The van der Waals surface area contributed by atoms with E-state index in [-0.39, 0.29) is 0 Å². The summed E-state index contributed by atoms with van der Waals surface area (Å²) in [5, 5.41) is 0. The fourth-order valence-corrected chi connectivity index (χ4v) is 2.69. The Morgan fingerprint density at radius 3 is 1.92 bits per heavy atom. The van der Waals surface area contributed by atoms with Gasteiger partial charge in [-0.1, -0.05) is 6.42 Å². The Labute approximate surface area is 76.1 Å². The van der Waals surface area contributed by atoms with Gasteiger partial charge in [-0.25, -0.2) is 0 Å². The van der Waals surface area contributed by atoms with Gasteiger partial charge in [-0.2, -0.15) is 0 Å². The minimum atomic E-state index is 0.766. The predicted molar refractivity (Wildman–Crippen MR) is 52.2 cm³/mol. The van der Waals surface area contributed by atoms with Gasteiger partial charge in [0.25, 0.3) is 0 Å². The molecular formula is C11H21N. The Kier molecular flexibility index (Phi) is 2.16. The lowest BCUT2D eigenvalue weighted by atomic mass is 9.63. The monoisotopic (exact) mass is 167 g/mol. The molecule has 0 amide bonds. The predicted octanol–water partition coefficient (Wildman–Crippen LogP) is 2.66. The van der Waals surface area contributed by atoms with E-state index >= 15 is 0 Å². The molecule has 12 heavy (non-hydrogen) atoms. The van der Waals surface area contributed by atoms with Gasteiger partial charge in [0, 0.05) is 6.04 Å². The van der Waals surface area contributed by atoms with E-state index in [0.29, 0.717) is 0 Å². The second kappa shape index (κ2) is 3.02. The third kappa shape index (κ3) is 1.39. The van der Waals surface area contributed by atoms with Crippen LogP contribution in [0.25, 0.3) is 0 Å². The van der Waals surface area contributed by atoms with Crippen LogP contribution in [0.15, 0.2) is 0 Å². The van der Waals surface area contributed by atoms with Crippen molar-refractivity contribution in [2.75, 3.05) is 13.1 Å². The molecule has 0 aromatic carbocycles. The highest BCUT2D eigenvalue weighted by atomic mass is 15.2. The summed E-state index contributed by atoms with van der Waals surface area (Å²) >= 11 is 0. The number of rotatable bonds is 1. The summed E-state index contributed by atoms with van der Waals surface area (Å²) in [7, 11) is 0. The third-order valence-corrected chi connectivity index (χ3v) is 4.00. The molecule has 0 bridgehead atoms. The van der Waals surface area contributed by atoms with E-state index < -0.39 is 0 Å². The van der Waals surface area contributed by atoms with Crippen LogP contribution in [0.2, 0.25) is 0 Å². The van der Waals surface area contributed by atoms with E-state index in [1.807, 2.05) is 0 Å². The first kappa shape index (κ1) is 8.55. The average molecular weight is 167 g/mol. The summed E-state index contributed by atoms with van der Waals surface area (Å²) in [4.78, 5) is 2.63. The van der Waals surface area contributed by atoms with Crippen molar-refractivity contribution in [2.24, 2.45) is 5.41 Å². The van der Waals surface area contributed by atoms with Crippen molar-refractivity contribution in [3.63, 3.8) is 0 Å². The molecule has 0 N–H and O–H groups in total. The van der Waals surface area contributed by atoms with Crippen molar-refractivity contribution in [2.45, 2.75) is 52.0 Å². The second-order valence-corrected chi connectivity index (χ2v) is 4.98. The highest BCUT2D eigenvalue weighted by molar-refractivity contribution is 4.92. The summed E-state index contributed by atoms with van der Waals surface area (Å²) in [6.45, 7) is 7.35. The van der Waals surface area contributed by atoms with Crippen LogP contribution < -0.4 is 0 Å². The van der Waals surface area contributed by atoms with Crippen LogP contribution >= 0.6 is 0 Å². The van der Waals surface area contributed by atoms with Gasteiger partial charge in [0.2, 0.25) is 0 Å². The average Bonchev–Trinajstić information content (AvgIpc) is 2.02. The Bertz CT molecular complexity index is 148. The Hall–Kier alpha value is -0.0400. The maximum atomic E-state index is 2.63. The third-order valence-electron chi connectivity index (χ3n) is 4.00. The Morgan fingerprint density at radius 2 is 1.58 bits per heavy atom. The summed E-state index contributed by atoms with van der Waals surface area (Å²) in [5.74, 6) is 0. The van der Waals surface area contributed by atoms with Crippen LogP contribution in [0.5, 0.6) is 0 Å². The first-order chi connectivity index (χ1) is 5.72. The van der Waals surface area contributed by atoms with E-state index in [4.69, 9.17) is 0 Å². The number of likely N-dealkylation sites (tertiary alicyclic amines) is 1. The number of hydrogen-bond acceptors (Lipinski definition) is 1. The summed E-state index contributed by atoms with van der Waals surface area (Å²) < 4.78 is 0. The van der Waals surface area contributed by atoms with Gasteiger partial charge < -0.3 is 4.90 Å². The lowest BCUT2D eigenvalue weighted by Gasteiger charge is -2.49. The lowest BCUT2D eigenvalue weighted by molar-refractivity contribution is 0.0220. The summed E-state index contributed by atoms with van der Waals surface area (Å²) in [6, 6.07) is 0.766. The van der Waals surface area contributed by atoms with Crippen molar-refractivity contribution in [1.82, 2.24) is 4.90 Å². The SMILES string of the molecule is CC(C)N1CCC2(CCC2)CC1. The molecule has 1 spiro atoms. The minimum Gasteiger partial charge on any atom is -0.301 e. The standard InChI is InChI=1S/C11H21N/c1-10(2)12-8-6-11(7-9-12)4-3-5-11/h10H,3-9H2,1-2H3. The van der Waals surface area contributed by atoms with Crippen molar-refractivity contribution < 1.29 is 0 Å². The maximum Gasteiger partial charge on any atom is 0.00385 e. The zero-order chi connectivity index (χ0) is 8.60. The number of piperidine rings is 1. The topological polar surface area (TPSA) is 3.24 Å². The van der Waals surface area contributed by atoms with Gasteiger partial charge >= 0.3 is 0 Å². The van der Waals surface area contributed by atoms with Crippen molar-refractivity contribution in [1.29, 1.82) is 0 Å². The molecule has 1 aliphatic heterocycles. The van der Waals surface area contributed by atoms with Crippen LogP contribution in [0.1, 0.15) is 46.0 Å². The van der Waals surface area contributed by atoms with E-state index in [9.17, 15) is 0 Å². The normalized spacial score (nSPS) is 29.2. The first-order valence-corrected chi connectivity index (χ1v) is 5.46. The zero-order valence-corrected chi connectivity index (χ0v) is 8.47. The van der Waals surface area contributed by atoms with Crippen LogP contribution in [0.3, 0.4) is 0 Å². The van der Waals surface area contributed by atoms with Crippen molar-refractivity contribution in [3.05, 3.63) is 0 Å². The van der Waals surface area contributed by atoms with Gasteiger partial charge in [-0.3, -0.25) is 0 Å². The summed E-state index contributed by atoms with van der Waals surface area (Å²) in [5.41, 5.74) is 0.825. The fourth-order valence-electron chi connectivity index (χ4n) is 2.69. The van der Waals surface area contributed by atoms with E-state index in [1.165, 1.54) is 45.2 Å². The van der Waals surface area contributed by atoms with Gasteiger partial charge in [0.05, 0.1) is 0 Å². The number of hydrogen-bond donors (Lipinski definition) is 0. The second-order valence-electron chi connectivity index (χ2n) is 4.98. The van der Waals surface area contributed by atoms with E-state index in [2.05, 4.69) is 18.7 Å². The molecule has 0 atom stereocenters. The molecule has 1 saturated heterocycles. The number of nitrogens with zero attached hydrogens (tertiary/aromatic N) is 1. The molecule has 1 heterocycles. The molecule has 70 valence electrons. The molecule has 2 aliphatic rings. The molecule has 1 aliphatic carbocycles. The zero-order valence-electron chi connectivity index (χ0n) is 8.47. The van der Waals surface area contributed by atoms with Crippen LogP contribution in [0.4, 0.5) is 0 Å². The van der Waals surface area contributed by atoms with Crippen LogP contribution in [-0.4, -0.2) is 24.0 Å². The van der Waals surface area contributed by atoms with Gasteiger partial charge in [-0.15, -0.1) is 0 Å². The quantitative estimate of drug-likeness (QED) is 0.580. The Morgan fingerprint density at radius 1 is 1.00 bits per heavy atom. The molecule has 1 nitrogen and oxygen atoms in total. The van der Waals surface area contributed by atoms with Crippen molar-refractivity contribution >= 4 is 0 Å². The molecule has 1 saturated carbocycles. The van der Waals surface area contributed by atoms with E-state index in [1.54, 1.807) is 0 Å². The summed E-state index contributed by atoms with van der Waals surface area (Å²) in [6.07, 6.45) is 7.51. The molecule has 0 aromatic rings. The molecule has 2 rings (SSSR count). The highest BCUT2D eigenvalue weighted by Crippen LogP contribution is 2.48. The van der Waals surface area contributed by atoms with Crippen LogP contribution in [-0.2, 0) is 0 Å². The van der Waals surface area contributed by atoms with E-state index in [0.717, 1.165) is 11.5 Å². The molecule has 1 heteroatoms. The molecular weight excluding hydrogens is 146 g/mol. The molecule has 0 unspecified atom stereocenters. The van der Waals surface area contributed by atoms with Crippen LogP contribution in [0, 0.1) is 5.41 Å². The minimum absolute atomic E-state index is 0.766. The largest absolute Gasteiger partial charge is 0.301 e. The first-order valence-electron chi connectivity index (χ1n) is 5.46. The van der Waals surface area contributed by atoms with Gasteiger partial charge in [-0.05, 0) is 58.0 Å². The molecule has 0 aromatic heterocycles. The maximum absolute atomic E-state index is 2.63. The Balaban J connectivity index is 1.84.